The number of hydrogen-bond donors (Lipinski definition) is 1. The topological polar surface area (TPSA) is 83.5 Å². The number of nitrogens with one attached hydrogen (secondary N) is 1. The van der Waals surface area contributed by atoms with Crippen LogP contribution in [0.5, 0.6) is 0 Å². The van der Waals surface area contributed by atoms with E-state index >= 15 is 0 Å². The summed E-state index contributed by atoms with van der Waals surface area (Å²) in [7, 11) is -6.65. The maximum absolute atomic E-state index is 12.3. The Morgan fingerprint density at radius 3 is 2.10 bits per heavy atom. The largest absolute Gasteiger partial charge is 0.243 e. The summed E-state index contributed by atoms with van der Waals surface area (Å²) >= 11 is 0. The summed E-state index contributed by atoms with van der Waals surface area (Å²) in [4.78, 5) is 0.252. The predicted octanol–water partition coefficient (Wildman–Crippen LogP) is 0.520. The highest BCUT2D eigenvalue weighted by Crippen LogP contribution is 2.21. The molecule has 1 fully saturated rings. The third kappa shape index (κ3) is 3.78. The zero-order valence-corrected chi connectivity index (χ0v) is 12.9. The van der Waals surface area contributed by atoms with Crippen molar-refractivity contribution in [2.24, 2.45) is 0 Å². The van der Waals surface area contributed by atoms with Gasteiger partial charge in [-0.3, -0.25) is 0 Å². The highest BCUT2D eigenvalue weighted by molar-refractivity contribution is 7.89. The predicted molar refractivity (Wildman–Crippen MR) is 76.1 cm³/mol. The fraction of sp³-hybridized carbons (Fsp3) is 0.500. The maximum atomic E-state index is 12.3. The molecular formula is C12H18N2O4S2. The molecule has 0 aromatic heterocycles. The highest BCUT2D eigenvalue weighted by atomic mass is 32.2. The van der Waals surface area contributed by atoms with Crippen LogP contribution in [0.2, 0.25) is 0 Å². The quantitative estimate of drug-likeness (QED) is 0.858. The van der Waals surface area contributed by atoms with Crippen molar-refractivity contribution >= 4 is 20.0 Å². The van der Waals surface area contributed by atoms with Crippen molar-refractivity contribution in [2.45, 2.75) is 24.3 Å². The summed E-state index contributed by atoms with van der Waals surface area (Å²) in [5.74, 6) is 0. The van der Waals surface area contributed by atoms with Crippen LogP contribution < -0.4 is 4.72 Å². The summed E-state index contributed by atoms with van der Waals surface area (Å²) in [6, 6.07) is 6.29. The van der Waals surface area contributed by atoms with Gasteiger partial charge in [0, 0.05) is 19.6 Å². The van der Waals surface area contributed by atoms with Crippen molar-refractivity contribution in [3.05, 3.63) is 29.8 Å². The fourth-order valence-electron chi connectivity index (χ4n) is 2.07. The molecule has 0 radical (unpaired) electrons. The number of benzene rings is 1. The smallest absolute Gasteiger partial charge is 0.213 e. The zero-order chi connectivity index (χ0) is 14.8. The molecule has 0 amide bonds. The Morgan fingerprint density at radius 2 is 1.60 bits per heavy atom. The van der Waals surface area contributed by atoms with Gasteiger partial charge in [-0.1, -0.05) is 12.1 Å². The van der Waals surface area contributed by atoms with Gasteiger partial charge in [0.25, 0.3) is 0 Å². The molecule has 0 aliphatic carbocycles. The Kier molecular flexibility index (Phi) is 4.48. The first-order chi connectivity index (χ1) is 9.29. The van der Waals surface area contributed by atoms with Crippen molar-refractivity contribution in [3.63, 3.8) is 0 Å². The van der Waals surface area contributed by atoms with Crippen molar-refractivity contribution in [1.82, 2.24) is 9.03 Å². The number of nitrogens with zero attached hydrogens (tertiary/aromatic N) is 1. The molecule has 0 saturated carbocycles. The minimum Gasteiger partial charge on any atom is -0.213 e. The Balaban J connectivity index is 2.11. The molecule has 0 unspecified atom stereocenters. The second-order valence-corrected chi connectivity index (χ2v) is 8.62. The minimum absolute atomic E-state index is 0.156. The van der Waals surface area contributed by atoms with Crippen molar-refractivity contribution in [2.75, 3.05) is 19.3 Å². The molecule has 112 valence electrons. The van der Waals surface area contributed by atoms with E-state index in [2.05, 4.69) is 4.72 Å². The third-order valence-electron chi connectivity index (χ3n) is 3.16. The van der Waals surface area contributed by atoms with Gasteiger partial charge in [0.15, 0.2) is 0 Å². The van der Waals surface area contributed by atoms with Gasteiger partial charge in [-0.15, -0.1) is 0 Å². The molecule has 8 heteroatoms. The van der Waals surface area contributed by atoms with Crippen molar-refractivity contribution in [1.29, 1.82) is 0 Å². The van der Waals surface area contributed by atoms with E-state index in [1.165, 1.54) is 16.4 Å². The lowest BCUT2D eigenvalue weighted by Crippen LogP contribution is -2.27. The molecule has 1 aromatic rings. The first-order valence-electron chi connectivity index (χ1n) is 6.33. The minimum atomic E-state index is -3.40. The molecule has 0 spiro atoms. The molecule has 6 nitrogen and oxygen atoms in total. The van der Waals surface area contributed by atoms with E-state index in [-0.39, 0.29) is 11.4 Å². The number of sulfonamides is 2. The molecule has 1 N–H and O–H groups in total. The lowest BCUT2D eigenvalue weighted by Gasteiger charge is -2.15. The SMILES string of the molecule is CS(=O)(=O)NCc1ccc(S(=O)(=O)N2CCCC2)cc1. The van der Waals surface area contributed by atoms with Crippen LogP contribution in [0.1, 0.15) is 18.4 Å². The molecule has 20 heavy (non-hydrogen) atoms. The molecule has 1 aromatic carbocycles. The van der Waals surface area contributed by atoms with Gasteiger partial charge < -0.3 is 0 Å². The Bertz CT molecular complexity index is 660. The summed E-state index contributed by atoms with van der Waals surface area (Å²) in [6.07, 6.45) is 2.88. The molecule has 0 bridgehead atoms. The molecule has 1 aliphatic rings. The average Bonchev–Trinajstić information content (AvgIpc) is 2.90. The number of hydrogen-bond acceptors (Lipinski definition) is 4. The molecule has 0 atom stereocenters. The Hall–Kier alpha value is -0.960. The molecular weight excluding hydrogens is 300 g/mol. The molecule has 1 heterocycles. The van der Waals surface area contributed by atoms with E-state index < -0.39 is 20.0 Å². The van der Waals surface area contributed by atoms with E-state index in [0.717, 1.165) is 24.7 Å². The second-order valence-electron chi connectivity index (χ2n) is 4.85. The van der Waals surface area contributed by atoms with Crippen LogP contribution in [-0.2, 0) is 26.6 Å². The maximum Gasteiger partial charge on any atom is 0.243 e. The Morgan fingerprint density at radius 1 is 1.05 bits per heavy atom. The van der Waals surface area contributed by atoms with Crippen LogP contribution in [0.15, 0.2) is 29.2 Å². The van der Waals surface area contributed by atoms with Crippen LogP contribution in [0, 0.1) is 0 Å². The third-order valence-corrected chi connectivity index (χ3v) is 5.75. The first-order valence-corrected chi connectivity index (χ1v) is 9.66. The van der Waals surface area contributed by atoms with Gasteiger partial charge >= 0.3 is 0 Å². The van der Waals surface area contributed by atoms with Gasteiger partial charge in [-0.05, 0) is 30.5 Å². The van der Waals surface area contributed by atoms with Crippen LogP contribution >= 0.6 is 0 Å². The van der Waals surface area contributed by atoms with Gasteiger partial charge in [0.2, 0.25) is 20.0 Å². The van der Waals surface area contributed by atoms with Gasteiger partial charge in [-0.2, -0.15) is 4.31 Å². The summed E-state index contributed by atoms with van der Waals surface area (Å²) in [6.45, 7) is 1.29. The van der Waals surface area contributed by atoms with E-state index in [1.54, 1.807) is 12.1 Å². The normalized spacial score (nSPS) is 17.4. The lowest BCUT2D eigenvalue weighted by atomic mass is 10.2. The zero-order valence-electron chi connectivity index (χ0n) is 11.2. The van der Waals surface area contributed by atoms with E-state index in [4.69, 9.17) is 0 Å². The lowest BCUT2D eigenvalue weighted by molar-refractivity contribution is 0.477. The molecule has 1 saturated heterocycles. The van der Waals surface area contributed by atoms with Crippen molar-refractivity contribution in [3.8, 4) is 0 Å². The summed E-state index contributed by atoms with van der Waals surface area (Å²) < 4.78 is 50.4. The standard InChI is InChI=1S/C12H18N2O4S2/c1-19(15,16)13-10-11-4-6-12(7-5-11)20(17,18)14-8-2-3-9-14/h4-7,13H,2-3,8-10H2,1H3. The Labute approximate surface area is 119 Å². The second kappa shape index (κ2) is 5.80. The monoisotopic (exact) mass is 318 g/mol. The summed E-state index contributed by atoms with van der Waals surface area (Å²) in [5.41, 5.74) is 0.718. The highest BCUT2D eigenvalue weighted by Gasteiger charge is 2.26. The van der Waals surface area contributed by atoms with E-state index in [1.807, 2.05) is 0 Å². The van der Waals surface area contributed by atoms with Gasteiger partial charge in [0.1, 0.15) is 0 Å². The van der Waals surface area contributed by atoms with Crippen LogP contribution in [0.25, 0.3) is 0 Å². The van der Waals surface area contributed by atoms with Crippen LogP contribution in [0.3, 0.4) is 0 Å². The van der Waals surface area contributed by atoms with E-state index in [9.17, 15) is 16.8 Å². The fourth-order valence-corrected chi connectivity index (χ4v) is 4.02. The molecule has 2 rings (SSSR count). The van der Waals surface area contributed by atoms with Crippen LogP contribution in [0.4, 0.5) is 0 Å². The van der Waals surface area contributed by atoms with Gasteiger partial charge in [0.05, 0.1) is 11.2 Å². The molecule has 1 aliphatic heterocycles. The number of rotatable bonds is 5. The first kappa shape index (κ1) is 15.4. The average molecular weight is 318 g/mol. The van der Waals surface area contributed by atoms with Gasteiger partial charge in [-0.25, -0.2) is 21.6 Å². The van der Waals surface area contributed by atoms with Crippen LogP contribution in [-0.4, -0.2) is 40.5 Å². The van der Waals surface area contributed by atoms with Crippen molar-refractivity contribution < 1.29 is 16.8 Å². The van der Waals surface area contributed by atoms with E-state index in [0.29, 0.717) is 13.1 Å². The summed E-state index contributed by atoms with van der Waals surface area (Å²) in [5, 5.41) is 0.